The summed E-state index contributed by atoms with van der Waals surface area (Å²) in [5.41, 5.74) is 5.91. The quantitative estimate of drug-likeness (QED) is 0.803. The number of hydrogen-bond donors (Lipinski definition) is 1. The molecule has 27 heavy (non-hydrogen) atoms. The molecule has 3 rings (SSSR count). The van der Waals surface area contributed by atoms with Crippen LogP contribution in [0.15, 0.2) is 24.3 Å². The number of halogens is 4. The predicted octanol–water partition coefficient (Wildman–Crippen LogP) is 3.30. The molecule has 2 aromatic rings. The molecule has 2 atom stereocenters. The first-order chi connectivity index (χ1) is 12.8. The molecule has 1 aliphatic rings. The Labute approximate surface area is 152 Å². The summed E-state index contributed by atoms with van der Waals surface area (Å²) >= 11 is 0. The first-order valence-corrected chi connectivity index (χ1v) is 8.11. The van der Waals surface area contributed by atoms with Crippen LogP contribution in [-0.2, 0) is 11.2 Å². The topological polar surface area (TPSA) is 74.4 Å². The van der Waals surface area contributed by atoms with E-state index in [0.717, 1.165) is 12.1 Å². The number of benzene rings is 1. The van der Waals surface area contributed by atoms with Crippen molar-refractivity contribution in [3.05, 3.63) is 47.2 Å². The first-order valence-electron chi connectivity index (χ1n) is 8.11. The highest BCUT2D eigenvalue weighted by molar-refractivity contribution is 5.93. The summed E-state index contributed by atoms with van der Waals surface area (Å²) < 4.78 is 62.1. The predicted molar refractivity (Wildman–Crippen MR) is 87.3 cm³/mol. The number of aromatic nitrogens is 1. The molecule has 0 unspecified atom stereocenters. The largest absolute Gasteiger partial charge is 0.471 e. The second-order valence-electron chi connectivity index (χ2n) is 6.26. The van der Waals surface area contributed by atoms with E-state index in [-0.39, 0.29) is 35.2 Å². The van der Waals surface area contributed by atoms with Crippen LogP contribution in [0.3, 0.4) is 0 Å². The maximum Gasteiger partial charge on any atom is 0.345 e. The summed E-state index contributed by atoms with van der Waals surface area (Å²) in [5.74, 6) is -2.70. The van der Waals surface area contributed by atoms with Gasteiger partial charge in [0.05, 0.1) is 6.61 Å². The van der Waals surface area contributed by atoms with E-state index in [1.54, 1.807) is 6.92 Å². The third-order valence-corrected chi connectivity index (χ3v) is 4.37. The highest BCUT2D eigenvalue weighted by Crippen LogP contribution is 2.38. The zero-order valence-electron chi connectivity index (χ0n) is 14.2. The summed E-state index contributed by atoms with van der Waals surface area (Å²) in [4.78, 5) is 15.6. The zero-order chi connectivity index (χ0) is 19.7. The summed E-state index contributed by atoms with van der Waals surface area (Å²) in [6.07, 6.45) is -0.418. The zero-order valence-corrected chi connectivity index (χ0v) is 14.2. The molecular weight excluding hydrogens is 368 g/mol. The van der Waals surface area contributed by atoms with Crippen LogP contribution in [0.25, 0.3) is 11.1 Å². The van der Waals surface area contributed by atoms with E-state index in [9.17, 15) is 22.4 Å². The van der Waals surface area contributed by atoms with Gasteiger partial charge in [0.15, 0.2) is 0 Å². The fraction of sp³-hybridized carbons (Fsp3) is 0.333. The van der Waals surface area contributed by atoms with Crippen LogP contribution in [0, 0.1) is 17.6 Å². The lowest BCUT2D eigenvalue weighted by Gasteiger charge is -2.32. The van der Waals surface area contributed by atoms with Crippen molar-refractivity contribution in [1.82, 2.24) is 4.98 Å². The van der Waals surface area contributed by atoms with Gasteiger partial charge in [-0.1, -0.05) is 6.92 Å². The standard InChI is InChI=1S/C18H16F4N2O3/c1-8-4-12-11(10-3-2-9(19)5-13(10)20)6-14(16(23)25)24-17(12)27-15(8)7-26-18(21)22/h2-3,5-6,8,15,18H,4,7H2,1H3,(H2,23,25)/t8-,15-/m0/s1. The number of primary amides is 1. The average Bonchev–Trinajstić information content (AvgIpc) is 2.59. The smallest absolute Gasteiger partial charge is 0.345 e. The molecule has 2 N–H and O–H groups in total. The number of ether oxygens (including phenoxy) is 2. The Morgan fingerprint density at radius 2 is 2.07 bits per heavy atom. The molecule has 0 bridgehead atoms. The Balaban J connectivity index is 2.07. The molecule has 0 saturated carbocycles. The summed E-state index contributed by atoms with van der Waals surface area (Å²) in [5, 5.41) is 0. The van der Waals surface area contributed by atoms with Gasteiger partial charge in [0.1, 0.15) is 23.4 Å². The lowest BCUT2D eigenvalue weighted by atomic mass is 9.88. The maximum atomic E-state index is 14.3. The number of pyridine rings is 1. The number of hydrogen-bond acceptors (Lipinski definition) is 4. The molecule has 0 aliphatic carbocycles. The van der Waals surface area contributed by atoms with Crippen molar-refractivity contribution < 1.29 is 31.8 Å². The van der Waals surface area contributed by atoms with E-state index in [2.05, 4.69) is 9.72 Å². The van der Waals surface area contributed by atoms with Crippen LogP contribution >= 0.6 is 0 Å². The lowest BCUT2D eigenvalue weighted by molar-refractivity contribution is -0.150. The Morgan fingerprint density at radius 1 is 1.33 bits per heavy atom. The van der Waals surface area contributed by atoms with Crippen molar-refractivity contribution >= 4 is 5.91 Å². The Morgan fingerprint density at radius 3 is 2.70 bits per heavy atom. The van der Waals surface area contributed by atoms with Gasteiger partial charge in [-0.2, -0.15) is 8.78 Å². The highest BCUT2D eigenvalue weighted by Gasteiger charge is 2.32. The fourth-order valence-electron chi connectivity index (χ4n) is 3.00. The molecule has 144 valence electrons. The molecule has 5 nitrogen and oxygen atoms in total. The molecule has 2 heterocycles. The first kappa shape index (κ1) is 19.1. The van der Waals surface area contributed by atoms with E-state index in [1.165, 1.54) is 12.1 Å². The number of alkyl halides is 2. The fourth-order valence-corrected chi connectivity index (χ4v) is 3.00. The number of nitrogens with zero attached hydrogens (tertiary/aromatic N) is 1. The molecule has 9 heteroatoms. The number of nitrogens with two attached hydrogens (primary N) is 1. The summed E-state index contributed by atoms with van der Waals surface area (Å²) in [7, 11) is 0. The van der Waals surface area contributed by atoms with Gasteiger partial charge in [-0.25, -0.2) is 13.8 Å². The van der Waals surface area contributed by atoms with Crippen LogP contribution < -0.4 is 10.5 Å². The summed E-state index contributed by atoms with van der Waals surface area (Å²) in [6, 6.07) is 4.35. The molecule has 1 aromatic heterocycles. The Kier molecular flexibility index (Phi) is 5.31. The minimum absolute atomic E-state index is 0.00834. The average molecular weight is 384 g/mol. The van der Waals surface area contributed by atoms with Gasteiger partial charge in [0.2, 0.25) is 5.88 Å². The molecule has 0 spiro atoms. The Bertz CT molecular complexity index is 876. The second-order valence-corrected chi connectivity index (χ2v) is 6.26. The Hall–Kier alpha value is -2.68. The molecule has 1 amide bonds. The third kappa shape index (κ3) is 4.02. The van der Waals surface area contributed by atoms with Crippen molar-refractivity contribution in [3.8, 4) is 17.0 Å². The van der Waals surface area contributed by atoms with Crippen LogP contribution in [0.1, 0.15) is 23.0 Å². The van der Waals surface area contributed by atoms with Crippen molar-refractivity contribution in [2.45, 2.75) is 26.1 Å². The molecule has 0 fully saturated rings. The monoisotopic (exact) mass is 384 g/mol. The molecule has 0 radical (unpaired) electrons. The number of fused-ring (bicyclic) bond motifs is 1. The number of carbonyl (C=O) groups is 1. The van der Waals surface area contributed by atoms with Crippen LogP contribution in [0.5, 0.6) is 5.88 Å². The van der Waals surface area contributed by atoms with Crippen molar-refractivity contribution in [3.63, 3.8) is 0 Å². The third-order valence-electron chi connectivity index (χ3n) is 4.37. The number of amides is 1. The van der Waals surface area contributed by atoms with Gasteiger partial charge in [-0.15, -0.1) is 0 Å². The van der Waals surface area contributed by atoms with E-state index >= 15 is 0 Å². The van der Waals surface area contributed by atoms with E-state index in [0.29, 0.717) is 12.0 Å². The SMILES string of the molecule is C[C@H]1Cc2c(-c3ccc(F)cc3F)cc(C(N)=O)nc2O[C@H]1COC(F)F. The van der Waals surface area contributed by atoms with Gasteiger partial charge < -0.3 is 15.2 Å². The van der Waals surface area contributed by atoms with Crippen molar-refractivity contribution in [2.75, 3.05) is 6.61 Å². The molecule has 1 aliphatic heterocycles. The molecule has 0 saturated heterocycles. The van der Waals surface area contributed by atoms with Gasteiger partial charge >= 0.3 is 6.61 Å². The van der Waals surface area contributed by atoms with Crippen LogP contribution in [-0.4, -0.2) is 30.2 Å². The van der Waals surface area contributed by atoms with E-state index < -0.39 is 30.3 Å². The van der Waals surface area contributed by atoms with Gasteiger partial charge in [-0.05, 0) is 36.1 Å². The van der Waals surface area contributed by atoms with E-state index in [1.807, 2.05) is 0 Å². The van der Waals surface area contributed by atoms with Gasteiger partial charge in [-0.3, -0.25) is 4.79 Å². The minimum atomic E-state index is -2.95. The van der Waals surface area contributed by atoms with Gasteiger partial charge in [0, 0.05) is 17.2 Å². The van der Waals surface area contributed by atoms with Crippen LogP contribution in [0.2, 0.25) is 0 Å². The second kappa shape index (κ2) is 7.51. The lowest BCUT2D eigenvalue weighted by Crippen LogP contribution is -2.36. The number of carbonyl (C=O) groups excluding carboxylic acids is 1. The van der Waals surface area contributed by atoms with Crippen molar-refractivity contribution in [2.24, 2.45) is 11.7 Å². The maximum absolute atomic E-state index is 14.3. The molecular formula is C18H16F4N2O3. The highest BCUT2D eigenvalue weighted by atomic mass is 19.3. The van der Waals surface area contributed by atoms with Gasteiger partial charge in [0.25, 0.3) is 5.91 Å². The van der Waals surface area contributed by atoms with Crippen molar-refractivity contribution in [1.29, 1.82) is 0 Å². The normalized spacial score (nSPS) is 18.9. The summed E-state index contributed by atoms with van der Waals surface area (Å²) in [6.45, 7) is -1.56. The minimum Gasteiger partial charge on any atom is -0.471 e. The number of rotatable bonds is 5. The van der Waals surface area contributed by atoms with Crippen LogP contribution in [0.4, 0.5) is 17.6 Å². The van der Waals surface area contributed by atoms with E-state index in [4.69, 9.17) is 10.5 Å². The molecule has 1 aromatic carbocycles.